The fourth-order valence-corrected chi connectivity index (χ4v) is 3.83. The van der Waals surface area contributed by atoms with Gasteiger partial charge < -0.3 is 5.32 Å². The second-order valence-electron chi connectivity index (χ2n) is 6.83. The summed E-state index contributed by atoms with van der Waals surface area (Å²) in [6.07, 6.45) is 2.66. The minimum Gasteiger partial charge on any atom is -0.352 e. The van der Waals surface area contributed by atoms with Crippen LogP contribution < -0.4 is 5.32 Å². The van der Waals surface area contributed by atoms with E-state index in [-0.39, 0.29) is 40.2 Å². The van der Waals surface area contributed by atoms with Crippen LogP contribution in [0.1, 0.15) is 46.0 Å². The molecule has 0 aromatic rings. The maximum absolute atomic E-state index is 12.3. The third kappa shape index (κ3) is 4.02. The average Bonchev–Trinajstić information content (AvgIpc) is 2.42. The Labute approximate surface area is 141 Å². The lowest BCUT2D eigenvalue weighted by Crippen LogP contribution is -2.49. The van der Waals surface area contributed by atoms with E-state index in [9.17, 15) is 14.4 Å². The molecule has 22 heavy (non-hydrogen) atoms. The van der Waals surface area contributed by atoms with E-state index in [0.29, 0.717) is 19.3 Å². The van der Waals surface area contributed by atoms with Crippen molar-refractivity contribution in [2.45, 2.75) is 62.7 Å². The molecule has 6 heteroatoms. The van der Waals surface area contributed by atoms with Gasteiger partial charge in [-0.1, -0.05) is 13.8 Å². The first-order valence-electron chi connectivity index (χ1n) is 7.93. The van der Waals surface area contributed by atoms with Gasteiger partial charge in [0.2, 0.25) is 5.91 Å². The average molecular weight is 348 g/mol. The molecule has 124 valence electrons. The molecule has 3 atom stereocenters. The summed E-state index contributed by atoms with van der Waals surface area (Å²) in [5, 5.41) is 2.55. The first-order chi connectivity index (χ1) is 10.3. The normalized spacial score (nSPS) is 36.5. The third-order valence-corrected chi connectivity index (χ3v) is 5.95. The summed E-state index contributed by atoms with van der Waals surface area (Å²) >= 11 is 12.2. The Morgan fingerprint density at radius 3 is 2.18 bits per heavy atom. The maximum atomic E-state index is 12.3. The van der Waals surface area contributed by atoms with E-state index in [0.717, 1.165) is 12.8 Å². The van der Waals surface area contributed by atoms with Gasteiger partial charge in [0, 0.05) is 18.9 Å². The van der Waals surface area contributed by atoms with Crippen molar-refractivity contribution in [1.29, 1.82) is 0 Å². The highest BCUT2D eigenvalue weighted by molar-refractivity contribution is 6.30. The Morgan fingerprint density at radius 1 is 1.09 bits per heavy atom. The first-order valence-corrected chi connectivity index (χ1v) is 8.80. The molecule has 0 spiro atoms. The summed E-state index contributed by atoms with van der Waals surface area (Å²) in [7, 11) is 0. The quantitative estimate of drug-likeness (QED) is 0.630. The zero-order valence-corrected chi connectivity index (χ0v) is 14.5. The van der Waals surface area contributed by atoms with Gasteiger partial charge in [0.1, 0.15) is 0 Å². The molecule has 2 aliphatic carbocycles. The number of carbonyl (C=O) groups excluding carboxylic acids is 3. The number of alkyl halides is 2. The van der Waals surface area contributed by atoms with E-state index < -0.39 is 11.8 Å². The molecule has 0 heterocycles. The number of nitrogens with one attached hydrogen (secondary N) is 1. The van der Waals surface area contributed by atoms with Crippen LogP contribution in [0.25, 0.3) is 0 Å². The molecule has 2 rings (SSSR count). The van der Waals surface area contributed by atoms with Crippen molar-refractivity contribution in [3.63, 3.8) is 0 Å². The van der Waals surface area contributed by atoms with Gasteiger partial charge >= 0.3 is 0 Å². The van der Waals surface area contributed by atoms with Crippen LogP contribution in [0, 0.1) is 17.8 Å². The van der Waals surface area contributed by atoms with Gasteiger partial charge in [-0.05, 0) is 31.1 Å². The molecule has 1 N–H and O–H groups in total. The number of amides is 1. The van der Waals surface area contributed by atoms with Gasteiger partial charge in [0.05, 0.1) is 10.8 Å². The molecule has 3 unspecified atom stereocenters. The Balaban J connectivity index is 1.95. The molecule has 1 amide bonds. The SMILES string of the molecule is CC(C)C1CC(=O)C(C(=O)NC2CCC(Cl)C(Cl)C2)C(=O)C1. The predicted molar refractivity (Wildman–Crippen MR) is 86.1 cm³/mol. The van der Waals surface area contributed by atoms with E-state index in [1.807, 2.05) is 13.8 Å². The Kier molecular flexibility index (Phi) is 5.89. The minimum absolute atomic E-state index is 0.0583. The van der Waals surface area contributed by atoms with Crippen molar-refractivity contribution in [2.24, 2.45) is 17.8 Å². The molecule has 0 bridgehead atoms. The van der Waals surface area contributed by atoms with Gasteiger partial charge in [-0.25, -0.2) is 0 Å². The monoisotopic (exact) mass is 347 g/mol. The van der Waals surface area contributed by atoms with Crippen molar-refractivity contribution in [3.8, 4) is 0 Å². The molecule has 0 saturated heterocycles. The topological polar surface area (TPSA) is 63.2 Å². The number of halogens is 2. The number of hydrogen-bond acceptors (Lipinski definition) is 3. The molecule has 4 nitrogen and oxygen atoms in total. The number of carbonyl (C=O) groups is 3. The highest BCUT2D eigenvalue weighted by Crippen LogP contribution is 2.30. The smallest absolute Gasteiger partial charge is 0.238 e. The lowest BCUT2D eigenvalue weighted by molar-refractivity contribution is -0.145. The molecule has 0 aromatic carbocycles. The third-order valence-electron chi connectivity index (χ3n) is 4.82. The Bertz CT molecular complexity index is 448. The summed E-state index contributed by atoms with van der Waals surface area (Å²) < 4.78 is 0. The highest BCUT2D eigenvalue weighted by atomic mass is 35.5. The van der Waals surface area contributed by atoms with Crippen LogP contribution in [0.3, 0.4) is 0 Å². The van der Waals surface area contributed by atoms with Gasteiger partial charge in [-0.3, -0.25) is 14.4 Å². The summed E-state index contributed by atoms with van der Waals surface area (Å²) in [6, 6.07) is -0.103. The largest absolute Gasteiger partial charge is 0.352 e. The predicted octanol–water partition coefficient (Wildman–Crippen LogP) is 2.69. The van der Waals surface area contributed by atoms with Crippen molar-refractivity contribution in [1.82, 2.24) is 5.32 Å². The van der Waals surface area contributed by atoms with Crippen molar-refractivity contribution < 1.29 is 14.4 Å². The Morgan fingerprint density at radius 2 is 1.68 bits per heavy atom. The van der Waals surface area contributed by atoms with Crippen LogP contribution in [-0.2, 0) is 14.4 Å². The van der Waals surface area contributed by atoms with Crippen molar-refractivity contribution in [3.05, 3.63) is 0 Å². The Hall–Kier alpha value is -0.610. The van der Waals surface area contributed by atoms with Crippen LogP contribution in [0.15, 0.2) is 0 Å². The van der Waals surface area contributed by atoms with E-state index >= 15 is 0 Å². The maximum Gasteiger partial charge on any atom is 0.238 e. The van der Waals surface area contributed by atoms with Crippen molar-refractivity contribution >= 4 is 40.7 Å². The first kappa shape index (κ1) is 17.7. The molecule has 0 aliphatic heterocycles. The summed E-state index contributed by atoms with van der Waals surface area (Å²) in [4.78, 5) is 36.7. The lowest BCUT2D eigenvalue weighted by Gasteiger charge is -2.32. The fraction of sp³-hybridized carbons (Fsp3) is 0.812. The lowest BCUT2D eigenvalue weighted by atomic mass is 9.75. The zero-order valence-electron chi connectivity index (χ0n) is 13.0. The number of ketones is 2. The molecule has 2 saturated carbocycles. The fourth-order valence-electron chi connectivity index (χ4n) is 3.26. The molecular weight excluding hydrogens is 325 g/mol. The van der Waals surface area contributed by atoms with Gasteiger partial charge in [-0.15, -0.1) is 23.2 Å². The van der Waals surface area contributed by atoms with E-state index in [4.69, 9.17) is 23.2 Å². The van der Waals surface area contributed by atoms with Gasteiger partial charge in [-0.2, -0.15) is 0 Å². The van der Waals surface area contributed by atoms with E-state index in [1.165, 1.54) is 0 Å². The zero-order chi connectivity index (χ0) is 16.4. The van der Waals surface area contributed by atoms with Crippen LogP contribution in [0.2, 0.25) is 0 Å². The second kappa shape index (κ2) is 7.31. The minimum atomic E-state index is -1.13. The number of Topliss-reactive ketones (excluding diaryl/α,β-unsaturated/α-hetero) is 2. The molecule has 0 radical (unpaired) electrons. The molecule has 2 fully saturated rings. The molecule has 2 aliphatic rings. The van der Waals surface area contributed by atoms with Crippen LogP contribution >= 0.6 is 23.2 Å². The second-order valence-corrected chi connectivity index (χ2v) is 7.95. The standard InChI is InChI=1S/C16H23Cl2NO3/c1-8(2)9-5-13(20)15(14(21)6-9)16(22)19-10-3-4-11(17)12(18)7-10/h8-12,15H,3-7H2,1-2H3,(H,19,22). The van der Waals surface area contributed by atoms with Gasteiger partial charge in [0.15, 0.2) is 17.5 Å². The molecular formula is C16H23Cl2NO3. The van der Waals surface area contributed by atoms with E-state index in [1.54, 1.807) is 0 Å². The van der Waals surface area contributed by atoms with Crippen molar-refractivity contribution in [2.75, 3.05) is 0 Å². The molecule has 0 aromatic heterocycles. The van der Waals surface area contributed by atoms with Crippen LogP contribution in [-0.4, -0.2) is 34.3 Å². The van der Waals surface area contributed by atoms with Gasteiger partial charge in [0.25, 0.3) is 0 Å². The number of hydrogen-bond donors (Lipinski definition) is 1. The highest BCUT2D eigenvalue weighted by Gasteiger charge is 2.41. The number of rotatable bonds is 3. The van der Waals surface area contributed by atoms with Crippen LogP contribution in [0.4, 0.5) is 0 Å². The van der Waals surface area contributed by atoms with Crippen LogP contribution in [0.5, 0.6) is 0 Å². The summed E-state index contributed by atoms with van der Waals surface area (Å²) in [5.41, 5.74) is 0. The van der Waals surface area contributed by atoms with E-state index in [2.05, 4.69) is 5.32 Å². The summed E-state index contributed by atoms with van der Waals surface area (Å²) in [5.74, 6) is -1.76. The summed E-state index contributed by atoms with van der Waals surface area (Å²) in [6.45, 7) is 3.99.